The second-order valence-corrected chi connectivity index (χ2v) is 5.76. The van der Waals surface area contributed by atoms with Gasteiger partial charge < -0.3 is 15.0 Å². The molecule has 106 valence electrons. The lowest BCUT2D eigenvalue weighted by Gasteiger charge is -2.07. The second kappa shape index (κ2) is 5.75. The van der Waals surface area contributed by atoms with Crippen LogP contribution in [0.3, 0.4) is 0 Å². The maximum atomic E-state index is 5.97. The van der Waals surface area contributed by atoms with Gasteiger partial charge in [-0.1, -0.05) is 5.16 Å². The Bertz CT molecular complexity index is 596. The fourth-order valence-electron chi connectivity index (χ4n) is 1.86. The lowest BCUT2D eigenvalue weighted by atomic mass is 10.3. The van der Waals surface area contributed by atoms with Crippen molar-refractivity contribution in [3.05, 3.63) is 29.9 Å². The molecule has 3 rings (SSSR count). The largest absolute Gasteiger partial charge is 0.494 e. The van der Waals surface area contributed by atoms with Crippen LogP contribution in [0, 0.1) is 0 Å². The molecule has 0 atom stereocenters. The molecule has 0 aliphatic heterocycles. The van der Waals surface area contributed by atoms with E-state index in [2.05, 4.69) is 10.1 Å². The maximum Gasteiger partial charge on any atom is 0.229 e. The predicted octanol–water partition coefficient (Wildman–Crippen LogP) is 3.22. The van der Waals surface area contributed by atoms with Crippen LogP contribution in [0.4, 0.5) is 5.69 Å². The Kier molecular flexibility index (Phi) is 3.82. The highest BCUT2D eigenvalue weighted by atomic mass is 32.2. The number of aromatic nitrogens is 2. The number of nitrogen functional groups attached to an aromatic ring is 1. The molecule has 5 nitrogen and oxygen atoms in total. The highest BCUT2D eigenvalue weighted by Crippen LogP contribution is 2.39. The third-order valence-corrected chi connectivity index (χ3v) is 4.13. The number of nitrogens with two attached hydrogens (primary N) is 1. The molecule has 1 aromatic carbocycles. The number of thioether (sulfide) groups is 1. The van der Waals surface area contributed by atoms with E-state index in [1.807, 2.05) is 25.1 Å². The van der Waals surface area contributed by atoms with Crippen LogP contribution < -0.4 is 10.5 Å². The summed E-state index contributed by atoms with van der Waals surface area (Å²) >= 11 is 1.60. The van der Waals surface area contributed by atoms with Crippen molar-refractivity contribution in [1.82, 2.24) is 10.1 Å². The zero-order valence-corrected chi connectivity index (χ0v) is 12.2. The summed E-state index contributed by atoms with van der Waals surface area (Å²) in [6.07, 6.45) is 2.33. The SMILES string of the molecule is CCOc1ccc(N)c(SCc2noc(C3CC3)n2)c1. The van der Waals surface area contributed by atoms with Crippen molar-refractivity contribution in [2.75, 3.05) is 12.3 Å². The van der Waals surface area contributed by atoms with Gasteiger partial charge in [0, 0.05) is 16.5 Å². The van der Waals surface area contributed by atoms with Gasteiger partial charge in [-0.3, -0.25) is 0 Å². The van der Waals surface area contributed by atoms with Gasteiger partial charge in [-0.25, -0.2) is 0 Å². The molecular weight excluding hydrogens is 274 g/mol. The molecule has 2 N–H and O–H groups in total. The molecule has 1 aromatic heterocycles. The minimum absolute atomic E-state index is 0.493. The molecule has 1 aliphatic rings. The van der Waals surface area contributed by atoms with E-state index in [1.165, 1.54) is 0 Å². The van der Waals surface area contributed by atoms with Gasteiger partial charge in [0.2, 0.25) is 5.89 Å². The van der Waals surface area contributed by atoms with Gasteiger partial charge in [0.25, 0.3) is 0 Å². The minimum Gasteiger partial charge on any atom is -0.494 e. The molecular formula is C14H17N3O2S. The normalized spacial score (nSPS) is 14.4. The molecule has 0 bridgehead atoms. The Labute approximate surface area is 121 Å². The fourth-order valence-corrected chi connectivity index (χ4v) is 2.70. The molecule has 0 radical (unpaired) electrons. The number of benzene rings is 1. The van der Waals surface area contributed by atoms with E-state index in [0.717, 1.165) is 40.9 Å². The van der Waals surface area contributed by atoms with Gasteiger partial charge in [-0.05, 0) is 38.0 Å². The van der Waals surface area contributed by atoms with E-state index in [1.54, 1.807) is 11.8 Å². The minimum atomic E-state index is 0.493. The lowest BCUT2D eigenvalue weighted by molar-refractivity contribution is 0.339. The first kappa shape index (κ1) is 13.3. The summed E-state index contributed by atoms with van der Waals surface area (Å²) in [4.78, 5) is 5.39. The zero-order chi connectivity index (χ0) is 13.9. The van der Waals surface area contributed by atoms with Crippen molar-refractivity contribution in [1.29, 1.82) is 0 Å². The number of hydrogen-bond acceptors (Lipinski definition) is 6. The summed E-state index contributed by atoms with van der Waals surface area (Å²) in [5.41, 5.74) is 6.71. The summed E-state index contributed by atoms with van der Waals surface area (Å²) in [5.74, 6) is 3.47. The number of anilines is 1. The van der Waals surface area contributed by atoms with E-state index in [4.69, 9.17) is 15.0 Å². The van der Waals surface area contributed by atoms with Crippen molar-refractivity contribution in [3.8, 4) is 5.75 Å². The van der Waals surface area contributed by atoms with Crippen LogP contribution in [0.25, 0.3) is 0 Å². The molecule has 20 heavy (non-hydrogen) atoms. The van der Waals surface area contributed by atoms with Gasteiger partial charge in [0.15, 0.2) is 5.82 Å². The Morgan fingerprint density at radius 2 is 2.30 bits per heavy atom. The van der Waals surface area contributed by atoms with Crippen LogP contribution in [0.15, 0.2) is 27.6 Å². The number of rotatable bonds is 6. The number of hydrogen-bond donors (Lipinski definition) is 1. The van der Waals surface area contributed by atoms with Crippen molar-refractivity contribution >= 4 is 17.4 Å². The summed E-state index contributed by atoms with van der Waals surface area (Å²) in [6.45, 7) is 2.60. The first-order valence-electron chi connectivity index (χ1n) is 6.74. The quantitative estimate of drug-likeness (QED) is 0.650. The van der Waals surface area contributed by atoms with Crippen LogP contribution in [0.1, 0.15) is 37.4 Å². The smallest absolute Gasteiger partial charge is 0.229 e. The molecule has 1 heterocycles. The molecule has 0 unspecified atom stereocenters. The van der Waals surface area contributed by atoms with Gasteiger partial charge in [0.1, 0.15) is 5.75 Å². The molecule has 2 aromatic rings. The van der Waals surface area contributed by atoms with Crippen LogP contribution in [-0.2, 0) is 5.75 Å². The predicted molar refractivity (Wildman–Crippen MR) is 77.9 cm³/mol. The fraction of sp³-hybridized carbons (Fsp3) is 0.429. The van der Waals surface area contributed by atoms with Crippen LogP contribution in [-0.4, -0.2) is 16.7 Å². The van der Waals surface area contributed by atoms with Gasteiger partial charge in [-0.2, -0.15) is 4.98 Å². The Morgan fingerprint density at radius 3 is 3.05 bits per heavy atom. The number of nitrogens with zero attached hydrogens (tertiary/aromatic N) is 2. The first-order valence-corrected chi connectivity index (χ1v) is 7.72. The molecule has 0 spiro atoms. The third-order valence-electron chi connectivity index (χ3n) is 3.06. The summed E-state index contributed by atoms with van der Waals surface area (Å²) in [6, 6.07) is 5.69. The summed E-state index contributed by atoms with van der Waals surface area (Å²) < 4.78 is 10.7. The molecule has 1 fully saturated rings. The average molecular weight is 291 g/mol. The molecule has 1 saturated carbocycles. The third kappa shape index (κ3) is 3.07. The summed E-state index contributed by atoms with van der Waals surface area (Å²) in [5, 5.41) is 4.00. The van der Waals surface area contributed by atoms with Crippen LogP contribution >= 0.6 is 11.8 Å². The number of ether oxygens (including phenoxy) is 1. The van der Waals surface area contributed by atoms with Crippen LogP contribution in [0.5, 0.6) is 5.75 Å². The lowest BCUT2D eigenvalue weighted by Crippen LogP contribution is -1.94. The monoisotopic (exact) mass is 291 g/mol. The molecule has 1 aliphatic carbocycles. The Hall–Kier alpha value is -1.69. The standard InChI is InChI=1S/C14H17N3O2S/c1-2-18-10-5-6-11(15)12(7-10)20-8-13-16-14(19-17-13)9-3-4-9/h5-7,9H,2-4,8,15H2,1H3. The zero-order valence-electron chi connectivity index (χ0n) is 11.3. The second-order valence-electron chi connectivity index (χ2n) is 4.74. The highest BCUT2D eigenvalue weighted by molar-refractivity contribution is 7.98. The van der Waals surface area contributed by atoms with E-state index in [-0.39, 0.29) is 0 Å². The van der Waals surface area contributed by atoms with Gasteiger partial charge >= 0.3 is 0 Å². The first-order chi connectivity index (χ1) is 9.76. The van der Waals surface area contributed by atoms with Gasteiger partial charge in [-0.15, -0.1) is 11.8 Å². The van der Waals surface area contributed by atoms with E-state index >= 15 is 0 Å². The summed E-state index contributed by atoms with van der Waals surface area (Å²) in [7, 11) is 0. The maximum absolute atomic E-state index is 5.97. The molecule has 0 saturated heterocycles. The van der Waals surface area contributed by atoms with Crippen molar-refractivity contribution < 1.29 is 9.26 Å². The van der Waals surface area contributed by atoms with Crippen molar-refractivity contribution in [2.45, 2.75) is 36.3 Å². The average Bonchev–Trinajstić information content (AvgIpc) is 3.19. The Balaban J connectivity index is 1.65. The van der Waals surface area contributed by atoms with E-state index < -0.39 is 0 Å². The topological polar surface area (TPSA) is 74.2 Å². The van der Waals surface area contributed by atoms with Crippen molar-refractivity contribution in [3.63, 3.8) is 0 Å². The Morgan fingerprint density at radius 1 is 1.45 bits per heavy atom. The highest BCUT2D eigenvalue weighted by Gasteiger charge is 2.29. The molecule has 6 heteroatoms. The van der Waals surface area contributed by atoms with Crippen molar-refractivity contribution in [2.24, 2.45) is 0 Å². The molecule has 0 amide bonds. The van der Waals surface area contributed by atoms with Crippen LogP contribution in [0.2, 0.25) is 0 Å². The van der Waals surface area contributed by atoms with E-state index in [9.17, 15) is 0 Å². The van der Waals surface area contributed by atoms with Gasteiger partial charge in [0.05, 0.1) is 12.4 Å². The van der Waals surface area contributed by atoms with E-state index in [0.29, 0.717) is 18.3 Å².